The summed E-state index contributed by atoms with van der Waals surface area (Å²) in [6, 6.07) is 2.85. The number of fused-ring (bicyclic) bond motifs is 2. The van der Waals surface area contributed by atoms with E-state index in [4.69, 9.17) is 16.3 Å². The monoisotopic (exact) mass is 501 g/mol. The van der Waals surface area contributed by atoms with Crippen molar-refractivity contribution in [3.8, 4) is 0 Å². The minimum Gasteiger partial charge on any atom is -0.444 e. The number of nitrogens with one attached hydrogen (secondary N) is 3. The Morgan fingerprint density at radius 2 is 1.86 bits per heavy atom. The number of halogens is 1. The van der Waals surface area contributed by atoms with Crippen LogP contribution in [0.25, 0.3) is 0 Å². The van der Waals surface area contributed by atoms with Crippen molar-refractivity contribution in [1.82, 2.24) is 24.8 Å². The lowest BCUT2D eigenvalue weighted by atomic mass is 10.0. The third-order valence-electron chi connectivity index (χ3n) is 5.83. The van der Waals surface area contributed by atoms with Crippen molar-refractivity contribution >= 4 is 46.8 Å². The highest BCUT2D eigenvalue weighted by atomic mass is 35.5. The lowest BCUT2D eigenvalue weighted by Gasteiger charge is -2.48. The Morgan fingerprint density at radius 3 is 2.51 bits per heavy atom. The summed E-state index contributed by atoms with van der Waals surface area (Å²) in [4.78, 5) is 60.1. The van der Waals surface area contributed by atoms with Crippen LogP contribution in [0, 0.1) is 5.92 Å². The number of carbonyl (C=O) groups excluding carboxylic acids is 3. The van der Waals surface area contributed by atoms with E-state index in [1.54, 1.807) is 20.8 Å². The molecule has 1 aliphatic carbocycles. The van der Waals surface area contributed by atoms with Crippen LogP contribution in [-0.2, 0) is 15.2 Å². The van der Waals surface area contributed by atoms with Gasteiger partial charge < -0.3 is 20.7 Å². The molecule has 184 valence electrons. The number of amides is 3. The van der Waals surface area contributed by atoms with E-state index in [-0.39, 0.29) is 47.1 Å². The Morgan fingerprint density at radius 1 is 1.17 bits per heavy atom. The SMILES string of the molecule is CC(C)(C)OC(=O)N1CC2(C1)NC(=O)c1c(Cl)cc(Nc3cc(NC(=O)C4CC4)ncn3)c(=O)n12. The molecule has 3 aliphatic rings. The van der Waals surface area contributed by atoms with Gasteiger partial charge in [-0.05, 0) is 39.7 Å². The minimum atomic E-state index is -1.13. The van der Waals surface area contributed by atoms with Crippen molar-refractivity contribution in [2.45, 2.75) is 44.9 Å². The molecule has 5 rings (SSSR count). The van der Waals surface area contributed by atoms with Crippen molar-refractivity contribution < 1.29 is 19.1 Å². The highest BCUT2D eigenvalue weighted by Crippen LogP contribution is 2.36. The predicted molar refractivity (Wildman–Crippen MR) is 126 cm³/mol. The number of ether oxygens (including phenoxy) is 1. The van der Waals surface area contributed by atoms with Gasteiger partial charge in [-0.1, -0.05) is 11.6 Å². The summed E-state index contributed by atoms with van der Waals surface area (Å²) < 4.78 is 6.65. The quantitative estimate of drug-likeness (QED) is 0.576. The van der Waals surface area contributed by atoms with Gasteiger partial charge in [0, 0.05) is 12.0 Å². The van der Waals surface area contributed by atoms with E-state index < -0.39 is 28.8 Å². The average Bonchev–Trinajstić information content (AvgIpc) is 3.52. The van der Waals surface area contributed by atoms with Crippen LogP contribution in [0.4, 0.5) is 22.1 Å². The van der Waals surface area contributed by atoms with Gasteiger partial charge in [0.25, 0.3) is 11.5 Å². The number of rotatable bonds is 4. The second-order valence-electron chi connectivity index (χ2n) is 9.89. The second-order valence-corrected chi connectivity index (χ2v) is 10.3. The zero-order valence-electron chi connectivity index (χ0n) is 19.3. The van der Waals surface area contributed by atoms with E-state index in [1.165, 1.54) is 27.9 Å². The maximum Gasteiger partial charge on any atom is 0.410 e. The molecule has 3 N–H and O–H groups in total. The van der Waals surface area contributed by atoms with Gasteiger partial charge in [-0.2, -0.15) is 0 Å². The number of hydrogen-bond acceptors (Lipinski definition) is 8. The van der Waals surface area contributed by atoms with Gasteiger partial charge >= 0.3 is 6.09 Å². The number of anilines is 3. The summed E-state index contributed by atoms with van der Waals surface area (Å²) in [5, 5.41) is 8.48. The molecule has 0 atom stereocenters. The number of pyridine rings is 1. The van der Waals surface area contributed by atoms with Crippen LogP contribution in [0.3, 0.4) is 0 Å². The fourth-order valence-corrected chi connectivity index (χ4v) is 4.37. The lowest BCUT2D eigenvalue weighted by molar-refractivity contribution is -0.117. The highest BCUT2D eigenvalue weighted by molar-refractivity contribution is 6.34. The van der Waals surface area contributed by atoms with Gasteiger partial charge in [-0.25, -0.2) is 14.8 Å². The molecule has 0 radical (unpaired) electrons. The Kier molecular flexibility index (Phi) is 5.24. The molecule has 2 fully saturated rings. The van der Waals surface area contributed by atoms with Gasteiger partial charge in [-0.3, -0.25) is 23.9 Å². The maximum absolute atomic E-state index is 13.4. The predicted octanol–water partition coefficient (Wildman–Crippen LogP) is 2.03. The molecule has 4 heterocycles. The lowest BCUT2D eigenvalue weighted by Crippen LogP contribution is -2.70. The molecule has 13 heteroatoms. The molecule has 1 spiro atoms. The number of likely N-dealkylation sites (tertiary alicyclic amines) is 1. The van der Waals surface area contributed by atoms with Crippen molar-refractivity contribution in [3.63, 3.8) is 0 Å². The molecule has 0 aromatic carbocycles. The van der Waals surface area contributed by atoms with Crippen molar-refractivity contribution in [1.29, 1.82) is 0 Å². The topological polar surface area (TPSA) is 148 Å². The highest BCUT2D eigenvalue weighted by Gasteiger charge is 2.55. The van der Waals surface area contributed by atoms with Gasteiger partial charge in [-0.15, -0.1) is 0 Å². The van der Waals surface area contributed by atoms with Crippen LogP contribution in [0.1, 0.15) is 44.1 Å². The number of aromatic nitrogens is 3. The third-order valence-corrected chi connectivity index (χ3v) is 6.12. The number of carbonyl (C=O) groups is 3. The van der Waals surface area contributed by atoms with E-state index in [9.17, 15) is 19.2 Å². The van der Waals surface area contributed by atoms with Gasteiger partial charge in [0.1, 0.15) is 34.9 Å². The molecule has 0 bridgehead atoms. The first-order valence-electron chi connectivity index (χ1n) is 11.1. The first-order chi connectivity index (χ1) is 16.5. The Hall–Kier alpha value is -3.67. The fraction of sp³-hybridized carbons (Fsp3) is 0.455. The van der Waals surface area contributed by atoms with E-state index in [1.807, 2.05) is 0 Å². The molecule has 2 aliphatic heterocycles. The summed E-state index contributed by atoms with van der Waals surface area (Å²) in [5.74, 6) is -0.0522. The van der Waals surface area contributed by atoms with Gasteiger partial charge in [0.05, 0.1) is 18.1 Å². The summed E-state index contributed by atoms with van der Waals surface area (Å²) in [7, 11) is 0. The molecule has 35 heavy (non-hydrogen) atoms. The summed E-state index contributed by atoms with van der Waals surface area (Å²) in [5.41, 5.74) is -2.23. The van der Waals surface area contributed by atoms with Crippen molar-refractivity contribution in [2.24, 2.45) is 5.92 Å². The molecule has 1 saturated heterocycles. The molecule has 3 amide bonds. The molecule has 1 saturated carbocycles. The van der Waals surface area contributed by atoms with E-state index in [2.05, 4.69) is 25.9 Å². The van der Waals surface area contributed by atoms with Crippen molar-refractivity contribution in [3.05, 3.63) is 39.5 Å². The number of hydrogen-bond donors (Lipinski definition) is 3. The van der Waals surface area contributed by atoms with Crippen molar-refractivity contribution in [2.75, 3.05) is 23.7 Å². The first-order valence-corrected chi connectivity index (χ1v) is 11.5. The zero-order valence-corrected chi connectivity index (χ0v) is 20.1. The van der Waals surface area contributed by atoms with E-state index in [0.717, 1.165) is 12.8 Å². The molecular formula is C22H24ClN7O5. The summed E-state index contributed by atoms with van der Waals surface area (Å²) in [6.45, 7) is 5.36. The molecule has 2 aromatic heterocycles. The van der Waals surface area contributed by atoms with Crippen LogP contribution in [0.15, 0.2) is 23.3 Å². The van der Waals surface area contributed by atoms with Gasteiger partial charge in [0.2, 0.25) is 5.91 Å². The Bertz CT molecular complexity index is 1310. The normalized spacial score (nSPS) is 17.9. The maximum atomic E-state index is 13.4. The van der Waals surface area contributed by atoms with E-state index in [0.29, 0.717) is 5.82 Å². The first kappa shape index (κ1) is 23.1. The van der Waals surface area contributed by atoms with Gasteiger partial charge in [0.15, 0.2) is 5.66 Å². The second kappa shape index (κ2) is 7.94. The Balaban J connectivity index is 1.40. The number of nitrogens with zero attached hydrogens (tertiary/aromatic N) is 4. The molecule has 2 aromatic rings. The largest absolute Gasteiger partial charge is 0.444 e. The van der Waals surface area contributed by atoms with E-state index >= 15 is 0 Å². The third kappa shape index (κ3) is 4.29. The fourth-order valence-electron chi connectivity index (χ4n) is 4.09. The summed E-state index contributed by atoms with van der Waals surface area (Å²) in [6.07, 6.45) is 2.42. The molecule has 0 unspecified atom stereocenters. The smallest absolute Gasteiger partial charge is 0.410 e. The summed E-state index contributed by atoms with van der Waals surface area (Å²) >= 11 is 6.39. The molecule has 12 nitrogen and oxygen atoms in total. The van der Waals surface area contributed by atoms with Crippen LogP contribution in [0.5, 0.6) is 0 Å². The van der Waals surface area contributed by atoms with Crippen LogP contribution < -0.4 is 21.5 Å². The molecular weight excluding hydrogens is 478 g/mol. The zero-order chi connectivity index (χ0) is 25.1. The van der Waals surface area contributed by atoms with Crippen LogP contribution in [-0.4, -0.2) is 56.0 Å². The average molecular weight is 502 g/mol. The van der Waals surface area contributed by atoms with Crippen LogP contribution in [0.2, 0.25) is 5.02 Å². The standard InChI is InChI=1S/C22H24ClN7O5/c1-21(2,3)35-20(34)29-8-22(9-29)28-18(32)16-12(23)6-13(19(33)30(16)22)26-14-7-15(25-10-24-14)27-17(31)11-4-5-11/h6-7,10-11H,4-5,8-9H2,1-3H3,(H,28,32)(H2,24,25,26,27,31). The Labute approximate surface area is 205 Å². The van der Waals surface area contributed by atoms with Crippen LogP contribution >= 0.6 is 11.6 Å². The minimum absolute atomic E-state index is 0.00508.